The highest BCUT2D eigenvalue weighted by atomic mass is 32.1. The van der Waals surface area contributed by atoms with Crippen LogP contribution in [0.4, 0.5) is 5.13 Å². The van der Waals surface area contributed by atoms with Crippen LogP contribution in [-0.2, 0) is 11.2 Å². The van der Waals surface area contributed by atoms with E-state index in [1.807, 2.05) is 6.20 Å². The van der Waals surface area contributed by atoms with Gasteiger partial charge in [-0.3, -0.25) is 15.1 Å². The standard InChI is InChI=1S/C19H18N4OS/c24-18(17-20-9-4-10-21-17)23-19-22-12-15(25-19)11-14-7-3-6-13-5-1-2-8-16(13)14/h1-3,5-8,12H,4,9-11H2,(H,20,21)(H,22,23,24). The van der Waals surface area contributed by atoms with Crippen LogP contribution in [0.25, 0.3) is 10.8 Å². The number of rotatable bonds is 4. The van der Waals surface area contributed by atoms with Crippen LogP contribution >= 0.6 is 11.3 Å². The van der Waals surface area contributed by atoms with Crippen LogP contribution in [0.15, 0.2) is 53.7 Å². The largest absolute Gasteiger partial charge is 0.366 e. The lowest BCUT2D eigenvalue weighted by atomic mass is 10.0. The number of benzene rings is 2. The first-order chi connectivity index (χ1) is 12.3. The second-order valence-corrected chi connectivity index (χ2v) is 7.03. The molecule has 1 aromatic heterocycles. The molecule has 2 aromatic carbocycles. The smallest absolute Gasteiger partial charge is 0.292 e. The van der Waals surface area contributed by atoms with Gasteiger partial charge in [-0.25, -0.2) is 4.98 Å². The van der Waals surface area contributed by atoms with Gasteiger partial charge in [0.15, 0.2) is 11.0 Å². The summed E-state index contributed by atoms with van der Waals surface area (Å²) in [7, 11) is 0. The molecule has 0 radical (unpaired) electrons. The number of thiazole rings is 1. The number of aliphatic imine (C=N–C) groups is 1. The van der Waals surface area contributed by atoms with Crippen molar-refractivity contribution in [2.75, 3.05) is 18.4 Å². The molecule has 0 spiro atoms. The molecule has 126 valence electrons. The van der Waals surface area contributed by atoms with Crippen LogP contribution in [0.5, 0.6) is 0 Å². The van der Waals surface area contributed by atoms with E-state index in [2.05, 4.69) is 63.1 Å². The Hall–Kier alpha value is -2.73. The molecule has 0 atom stereocenters. The molecule has 2 N–H and O–H groups in total. The minimum Gasteiger partial charge on any atom is -0.366 e. The van der Waals surface area contributed by atoms with E-state index in [0.717, 1.165) is 24.3 Å². The van der Waals surface area contributed by atoms with Crippen molar-refractivity contribution >= 4 is 39.0 Å². The first kappa shape index (κ1) is 15.8. The fourth-order valence-electron chi connectivity index (χ4n) is 2.92. The molecule has 1 aliphatic heterocycles. The van der Waals surface area contributed by atoms with Crippen LogP contribution in [0.2, 0.25) is 0 Å². The van der Waals surface area contributed by atoms with Gasteiger partial charge in [-0.2, -0.15) is 0 Å². The molecule has 0 unspecified atom stereocenters. The summed E-state index contributed by atoms with van der Waals surface area (Å²) >= 11 is 1.50. The van der Waals surface area contributed by atoms with E-state index in [1.165, 1.54) is 27.7 Å². The minimum absolute atomic E-state index is 0.217. The zero-order valence-electron chi connectivity index (χ0n) is 13.7. The molecule has 2 heterocycles. The lowest BCUT2D eigenvalue weighted by Crippen LogP contribution is -2.39. The van der Waals surface area contributed by atoms with Crippen molar-refractivity contribution in [2.24, 2.45) is 4.99 Å². The quantitative estimate of drug-likeness (QED) is 0.759. The normalized spacial score (nSPS) is 14.0. The van der Waals surface area contributed by atoms with Gasteiger partial charge in [0.2, 0.25) is 0 Å². The van der Waals surface area contributed by atoms with Crippen molar-refractivity contribution < 1.29 is 4.79 Å². The fourth-order valence-corrected chi connectivity index (χ4v) is 3.75. The molecule has 4 rings (SSSR count). The topological polar surface area (TPSA) is 66.4 Å². The molecule has 0 bridgehead atoms. The van der Waals surface area contributed by atoms with E-state index in [9.17, 15) is 4.79 Å². The molecule has 3 aromatic rings. The lowest BCUT2D eigenvalue weighted by molar-refractivity contribution is -0.110. The Morgan fingerprint density at radius 1 is 1.20 bits per heavy atom. The number of anilines is 1. The van der Waals surface area contributed by atoms with Gasteiger partial charge in [0.25, 0.3) is 5.91 Å². The summed E-state index contributed by atoms with van der Waals surface area (Å²) in [5.41, 5.74) is 1.26. The second-order valence-electron chi connectivity index (χ2n) is 5.91. The average molecular weight is 350 g/mol. The predicted octanol–water partition coefficient (Wildman–Crippen LogP) is 3.22. The Morgan fingerprint density at radius 2 is 2.08 bits per heavy atom. The maximum Gasteiger partial charge on any atom is 0.292 e. The number of carbonyl (C=O) groups is 1. The Morgan fingerprint density at radius 3 is 2.96 bits per heavy atom. The number of hydrogen-bond donors (Lipinski definition) is 2. The number of aromatic nitrogens is 1. The zero-order chi connectivity index (χ0) is 17.1. The molecule has 0 aliphatic carbocycles. The van der Waals surface area contributed by atoms with Gasteiger partial charge in [0, 0.05) is 30.6 Å². The summed E-state index contributed by atoms with van der Waals surface area (Å²) in [4.78, 5) is 21.8. The first-order valence-corrected chi connectivity index (χ1v) is 9.12. The number of nitrogens with one attached hydrogen (secondary N) is 2. The van der Waals surface area contributed by atoms with Gasteiger partial charge < -0.3 is 5.32 Å². The molecule has 1 amide bonds. The number of nitrogens with zero attached hydrogens (tertiary/aromatic N) is 2. The van der Waals surface area contributed by atoms with Crippen molar-refractivity contribution in [3.63, 3.8) is 0 Å². The van der Waals surface area contributed by atoms with Crippen molar-refractivity contribution in [3.8, 4) is 0 Å². The van der Waals surface area contributed by atoms with E-state index < -0.39 is 0 Å². The van der Waals surface area contributed by atoms with Gasteiger partial charge in [-0.05, 0) is 22.8 Å². The van der Waals surface area contributed by atoms with Gasteiger partial charge in [-0.1, -0.05) is 42.5 Å². The summed E-state index contributed by atoms with van der Waals surface area (Å²) in [6.45, 7) is 1.48. The highest BCUT2D eigenvalue weighted by Crippen LogP contribution is 2.25. The van der Waals surface area contributed by atoms with Gasteiger partial charge in [0.05, 0.1) is 0 Å². The molecule has 0 saturated carbocycles. The number of amides is 1. The Balaban J connectivity index is 1.49. The summed E-state index contributed by atoms with van der Waals surface area (Å²) in [5.74, 6) is 0.183. The minimum atomic E-state index is -0.217. The van der Waals surface area contributed by atoms with E-state index in [4.69, 9.17) is 0 Å². The monoisotopic (exact) mass is 350 g/mol. The summed E-state index contributed by atoms with van der Waals surface area (Å²) in [6.07, 6.45) is 3.59. The van der Waals surface area contributed by atoms with E-state index >= 15 is 0 Å². The molecule has 0 fully saturated rings. The van der Waals surface area contributed by atoms with Gasteiger partial charge >= 0.3 is 0 Å². The first-order valence-electron chi connectivity index (χ1n) is 8.30. The molecular formula is C19H18N4OS. The number of carbonyl (C=O) groups excluding carboxylic acids is 1. The summed E-state index contributed by atoms with van der Waals surface area (Å²) < 4.78 is 0. The van der Waals surface area contributed by atoms with E-state index in [-0.39, 0.29) is 5.91 Å². The highest BCUT2D eigenvalue weighted by Gasteiger charge is 2.15. The number of hydrogen-bond acceptors (Lipinski definition) is 5. The third-order valence-electron chi connectivity index (χ3n) is 4.13. The van der Waals surface area contributed by atoms with Crippen LogP contribution in [0.3, 0.4) is 0 Å². The molecule has 0 saturated heterocycles. The average Bonchev–Trinajstić information content (AvgIpc) is 3.09. The lowest BCUT2D eigenvalue weighted by Gasteiger charge is -2.12. The number of amidine groups is 1. The second kappa shape index (κ2) is 7.03. The summed E-state index contributed by atoms with van der Waals surface area (Å²) in [5, 5.41) is 8.95. The van der Waals surface area contributed by atoms with Crippen molar-refractivity contribution in [2.45, 2.75) is 12.8 Å². The Kier molecular flexibility index (Phi) is 4.43. The van der Waals surface area contributed by atoms with Crippen molar-refractivity contribution in [1.29, 1.82) is 0 Å². The molecule has 5 nitrogen and oxygen atoms in total. The third-order valence-corrected chi connectivity index (χ3v) is 5.04. The zero-order valence-corrected chi connectivity index (χ0v) is 14.5. The summed E-state index contributed by atoms with van der Waals surface area (Å²) in [6, 6.07) is 14.7. The van der Waals surface area contributed by atoms with Crippen molar-refractivity contribution in [3.05, 3.63) is 59.1 Å². The maximum atomic E-state index is 12.2. The van der Waals surface area contributed by atoms with Gasteiger partial charge in [0.1, 0.15) is 0 Å². The molecule has 1 aliphatic rings. The SMILES string of the molecule is O=C(Nc1ncc(Cc2cccc3ccccc23)s1)C1=NCCCN1. The van der Waals surface area contributed by atoms with Crippen LogP contribution in [0.1, 0.15) is 16.9 Å². The molecular weight excluding hydrogens is 332 g/mol. The molecule has 6 heteroatoms. The third kappa shape index (κ3) is 3.53. The van der Waals surface area contributed by atoms with E-state index in [1.54, 1.807) is 0 Å². The Labute approximate surface area is 149 Å². The van der Waals surface area contributed by atoms with Crippen LogP contribution in [0, 0.1) is 0 Å². The van der Waals surface area contributed by atoms with Crippen LogP contribution in [-0.4, -0.2) is 29.8 Å². The van der Waals surface area contributed by atoms with E-state index in [0.29, 0.717) is 17.5 Å². The van der Waals surface area contributed by atoms with Crippen LogP contribution < -0.4 is 10.6 Å². The molecule has 25 heavy (non-hydrogen) atoms. The van der Waals surface area contributed by atoms with Gasteiger partial charge in [-0.15, -0.1) is 11.3 Å². The van der Waals surface area contributed by atoms with Crippen molar-refractivity contribution in [1.82, 2.24) is 10.3 Å². The predicted molar refractivity (Wildman–Crippen MR) is 102 cm³/mol. The Bertz CT molecular complexity index is 942. The maximum absolute atomic E-state index is 12.2. The highest BCUT2D eigenvalue weighted by molar-refractivity contribution is 7.15. The number of fused-ring (bicyclic) bond motifs is 1. The fraction of sp³-hybridized carbons (Fsp3) is 0.211.